The normalized spacial score (nSPS) is 31.4. The maximum atomic E-state index is 6.05. The maximum Gasteiger partial charge on any atom is 0.0316 e. The summed E-state index contributed by atoms with van der Waals surface area (Å²) < 4.78 is 0. The average Bonchev–Trinajstić information content (AvgIpc) is 3.15. The van der Waals surface area contributed by atoms with Crippen LogP contribution in [0.15, 0.2) is 0 Å². The number of nitrogens with zero attached hydrogens (tertiary/aromatic N) is 1. The van der Waals surface area contributed by atoms with Crippen LogP contribution in [0.25, 0.3) is 0 Å². The van der Waals surface area contributed by atoms with E-state index in [1.54, 1.807) is 0 Å². The minimum absolute atomic E-state index is 0.241. The molecule has 1 saturated heterocycles. The van der Waals surface area contributed by atoms with E-state index in [0.717, 1.165) is 12.5 Å². The topological polar surface area (TPSA) is 41.3 Å². The third-order valence-corrected chi connectivity index (χ3v) is 4.43. The number of rotatable bonds is 6. The highest BCUT2D eigenvalue weighted by Gasteiger charge is 2.32. The van der Waals surface area contributed by atoms with E-state index in [2.05, 4.69) is 17.1 Å². The second-order valence-corrected chi connectivity index (χ2v) is 6.00. The highest BCUT2D eigenvalue weighted by Crippen LogP contribution is 2.30. The molecule has 1 unspecified atom stereocenters. The minimum atomic E-state index is 0.241. The van der Waals surface area contributed by atoms with Gasteiger partial charge in [0.2, 0.25) is 0 Å². The first kappa shape index (κ1) is 13.3. The van der Waals surface area contributed by atoms with Gasteiger partial charge < -0.3 is 16.0 Å². The molecule has 1 heterocycles. The van der Waals surface area contributed by atoms with E-state index >= 15 is 0 Å². The number of nitrogens with two attached hydrogens (primary N) is 1. The van der Waals surface area contributed by atoms with Gasteiger partial charge in [-0.25, -0.2) is 0 Å². The highest BCUT2D eigenvalue weighted by molar-refractivity contribution is 4.94. The molecular formula is C14H29N3. The van der Waals surface area contributed by atoms with E-state index in [1.165, 1.54) is 64.7 Å². The van der Waals surface area contributed by atoms with Crippen molar-refractivity contribution in [2.24, 2.45) is 11.7 Å². The summed E-state index contributed by atoms with van der Waals surface area (Å²) in [5.74, 6) is 0.952. The van der Waals surface area contributed by atoms with Crippen molar-refractivity contribution >= 4 is 0 Å². The molecule has 0 spiro atoms. The fourth-order valence-electron chi connectivity index (χ4n) is 2.93. The largest absolute Gasteiger partial charge is 0.329 e. The van der Waals surface area contributed by atoms with Crippen LogP contribution in [0.3, 0.4) is 0 Å². The van der Waals surface area contributed by atoms with Gasteiger partial charge in [0.05, 0.1) is 0 Å². The van der Waals surface area contributed by atoms with E-state index in [1.807, 2.05) is 0 Å². The quantitative estimate of drug-likeness (QED) is 0.739. The summed E-state index contributed by atoms with van der Waals surface area (Å²) in [5.41, 5.74) is 6.29. The first-order valence-corrected chi connectivity index (χ1v) is 7.45. The lowest BCUT2D eigenvalue weighted by Gasteiger charge is -2.33. The third-order valence-electron chi connectivity index (χ3n) is 4.43. The van der Waals surface area contributed by atoms with E-state index < -0.39 is 0 Å². The first-order valence-electron chi connectivity index (χ1n) is 7.45. The van der Waals surface area contributed by atoms with Crippen molar-refractivity contribution in [1.82, 2.24) is 10.2 Å². The molecule has 3 heteroatoms. The Morgan fingerprint density at radius 2 is 2.12 bits per heavy atom. The number of hydrogen-bond donors (Lipinski definition) is 2. The van der Waals surface area contributed by atoms with Gasteiger partial charge in [0, 0.05) is 12.1 Å². The third kappa shape index (κ3) is 3.94. The zero-order valence-corrected chi connectivity index (χ0v) is 11.4. The van der Waals surface area contributed by atoms with Crippen LogP contribution < -0.4 is 11.1 Å². The van der Waals surface area contributed by atoms with Gasteiger partial charge in [0.1, 0.15) is 0 Å². The molecule has 3 N–H and O–H groups in total. The van der Waals surface area contributed by atoms with Gasteiger partial charge in [0.25, 0.3) is 0 Å². The van der Waals surface area contributed by atoms with Crippen molar-refractivity contribution in [3.05, 3.63) is 0 Å². The van der Waals surface area contributed by atoms with Crippen molar-refractivity contribution in [2.45, 2.75) is 51.0 Å². The Kier molecular flexibility index (Phi) is 4.83. The van der Waals surface area contributed by atoms with E-state index in [-0.39, 0.29) is 5.54 Å². The summed E-state index contributed by atoms with van der Waals surface area (Å²) >= 11 is 0. The molecule has 1 aliphatic carbocycles. The first-order chi connectivity index (χ1) is 8.28. The Hall–Kier alpha value is -0.120. The van der Waals surface area contributed by atoms with Crippen molar-refractivity contribution in [3.8, 4) is 0 Å². The lowest BCUT2D eigenvalue weighted by atomic mass is 9.90. The molecule has 1 saturated carbocycles. The highest BCUT2D eigenvalue weighted by atomic mass is 15.1. The molecule has 0 aromatic heterocycles. The summed E-state index contributed by atoms with van der Waals surface area (Å²) in [6, 6.07) is 0. The fourth-order valence-corrected chi connectivity index (χ4v) is 2.93. The lowest BCUT2D eigenvalue weighted by Crippen LogP contribution is -2.52. The molecule has 17 heavy (non-hydrogen) atoms. The predicted molar refractivity (Wildman–Crippen MR) is 73.1 cm³/mol. The number of nitrogens with one attached hydrogen (secondary N) is 1. The molecule has 1 atom stereocenters. The van der Waals surface area contributed by atoms with Gasteiger partial charge in [-0.1, -0.05) is 6.92 Å². The average molecular weight is 239 g/mol. The van der Waals surface area contributed by atoms with Crippen LogP contribution in [0.4, 0.5) is 0 Å². The molecule has 2 rings (SSSR count). The molecule has 0 bridgehead atoms. The Morgan fingerprint density at radius 1 is 1.29 bits per heavy atom. The molecular weight excluding hydrogens is 210 g/mol. The van der Waals surface area contributed by atoms with Crippen LogP contribution in [-0.4, -0.2) is 43.2 Å². The van der Waals surface area contributed by atoms with Crippen molar-refractivity contribution < 1.29 is 0 Å². The number of hydrogen-bond acceptors (Lipinski definition) is 3. The lowest BCUT2D eigenvalue weighted by molar-refractivity contribution is 0.257. The summed E-state index contributed by atoms with van der Waals surface area (Å²) in [7, 11) is 0. The summed E-state index contributed by atoms with van der Waals surface area (Å²) in [6.07, 6.45) is 7.91. The van der Waals surface area contributed by atoms with E-state index in [0.29, 0.717) is 0 Å². The molecule has 0 aromatic rings. The van der Waals surface area contributed by atoms with Crippen LogP contribution in [0.5, 0.6) is 0 Å². The molecule has 100 valence electrons. The van der Waals surface area contributed by atoms with Crippen molar-refractivity contribution in [2.75, 3.05) is 32.7 Å². The molecule has 3 nitrogen and oxygen atoms in total. The van der Waals surface area contributed by atoms with Gasteiger partial charge in [-0.05, 0) is 70.6 Å². The zero-order valence-electron chi connectivity index (χ0n) is 11.4. The summed E-state index contributed by atoms with van der Waals surface area (Å²) in [4.78, 5) is 2.61. The Labute approximate surface area is 106 Å². The molecule has 0 radical (unpaired) electrons. The van der Waals surface area contributed by atoms with Gasteiger partial charge in [-0.15, -0.1) is 0 Å². The minimum Gasteiger partial charge on any atom is -0.329 e. The zero-order chi connectivity index (χ0) is 12.1. The molecule has 1 aliphatic heterocycles. The monoisotopic (exact) mass is 239 g/mol. The fraction of sp³-hybridized carbons (Fsp3) is 1.00. The van der Waals surface area contributed by atoms with Crippen LogP contribution in [-0.2, 0) is 0 Å². The van der Waals surface area contributed by atoms with E-state index in [9.17, 15) is 0 Å². The van der Waals surface area contributed by atoms with Gasteiger partial charge in [-0.3, -0.25) is 0 Å². The van der Waals surface area contributed by atoms with Crippen LogP contribution in [0, 0.1) is 5.92 Å². The molecule has 0 amide bonds. The maximum absolute atomic E-state index is 6.05. The van der Waals surface area contributed by atoms with Crippen LogP contribution >= 0.6 is 0 Å². The Balaban J connectivity index is 1.83. The standard InChI is InChI=1S/C14H29N3/c1-2-8-17-9-3-6-14(12-15,7-10-17)16-11-13-4-5-13/h13,16H,2-12,15H2,1H3. The predicted octanol–water partition coefficient (Wildman–Crippen LogP) is 1.58. The van der Waals surface area contributed by atoms with Crippen molar-refractivity contribution in [3.63, 3.8) is 0 Å². The van der Waals surface area contributed by atoms with Gasteiger partial charge in [0.15, 0.2) is 0 Å². The molecule has 2 fully saturated rings. The summed E-state index contributed by atoms with van der Waals surface area (Å²) in [5, 5.41) is 3.80. The Bertz CT molecular complexity index is 228. The van der Waals surface area contributed by atoms with Crippen molar-refractivity contribution in [1.29, 1.82) is 0 Å². The van der Waals surface area contributed by atoms with Gasteiger partial charge >= 0.3 is 0 Å². The van der Waals surface area contributed by atoms with Crippen LogP contribution in [0.1, 0.15) is 45.4 Å². The summed E-state index contributed by atoms with van der Waals surface area (Å²) in [6.45, 7) is 8.02. The SMILES string of the molecule is CCCN1CCCC(CN)(NCC2CC2)CC1. The second kappa shape index (κ2) is 6.17. The smallest absolute Gasteiger partial charge is 0.0316 e. The van der Waals surface area contributed by atoms with Gasteiger partial charge in [-0.2, -0.15) is 0 Å². The van der Waals surface area contributed by atoms with Crippen LogP contribution in [0.2, 0.25) is 0 Å². The number of likely N-dealkylation sites (tertiary alicyclic amines) is 1. The molecule has 2 aliphatic rings. The second-order valence-electron chi connectivity index (χ2n) is 6.00. The Morgan fingerprint density at radius 3 is 2.76 bits per heavy atom. The molecule has 0 aromatic carbocycles. The van der Waals surface area contributed by atoms with E-state index in [4.69, 9.17) is 5.73 Å².